The van der Waals surface area contributed by atoms with Gasteiger partial charge in [-0.25, -0.2) is 0 Å². The molecule has 2 aliphatic heterocycles. The summed E-state index contributed by atoms with van der Waals surface area (Å²) in [4.78, 5) is 8.91. The summed E-state index contributed by atoms with van der Waals surface area (Å²) in [5, 5.41) is 1.91. The van der Waals surface area contributed by atoms with E-state index >= 15 is 0 Å². The smallest absolute Gasteiger partial charge is 0.269 e. The SMILES string of the molecule is COc1ccc(OC2=NC3=S(S2)SC(Oc2ccc(OC)cc2)=N3)cc1. The number of aliphatic imine (C=N–C) groups is 2. The van der Waals surface area contributed by atoms with Gasteiger partial charge in [-0.15, -0.1) is 0 Å². The van der Waals surface area contributed by atoms with Gasteiger partial charge in [0, 0.05) is 21.6 Å². The van der Waals surface area contributed by atoms with E-state index in [9.17, 15) is 0 Å². The quantitative estimate of drug-likeness (QED) is 0.548. The summed E-state index contributed by atoms with van der Waals surface area (Å²) in [6, 6.07) is 14.8. The van der Waals surface area contributed by atoms with Crippen LogP contribution < -0.4 is 18.9 Å². The molecule has 0 saturated heterocycles. The van der Waals surface area contributed by atoms with Gasteiger partial charge in [0.05, 0.1) is 14.2 Å². The highest BCUT2D eigenvalue weighted by atomic mass is 33.5. The molecule has 0 unspecified atom stereocenters. The highest BCUT2D eigenvalue weighted by Crippen LogP contribution is 2.53. The molecule has 0 saturated carbocycles. The summed E-state index contributed by atoms with van der Waals surface area (Å²) in [7, 11) is 6.10. The van der Waals surface area contributed by atoms with Crippen LogP contribution >= 0.6 is 30.1 Å². The van der Waals surface area contributed by atoms with Crippen molar-refractivity contribution in [2.45, 2.75) is 0 Å². The minimum Gasteiger partial charge on any atom is -0.497 e. The Bertz CT molecular complexity index is 835. The highest BCUT2D eigenvalue weighted by molar-refractivity contribution is 9.20. The van der Waals surface area contributed by atoms with Gasteiger partial charge in [-0.3, -0.25) is 0 Å². The zero-order chi connectivity index (χ0) is 17.9. The summed E-state index contributed by atoms with van der Waals surface area (Å²) in [6.07, 6.45) is 0. The van der Waals surface area contributed by atoms with Crippen molar-refractivity contribution >= 4 is 45.7 Å². The normalized spacial score (nSPS) is 16.0. The number of hydrogen-bond acceptors (Lipinski definition) is 8. The van der Waals surface area contributed by atoms with Crippen molar-refractivity contribution in [3.63, 3.8) is 0 Å². The standard InChI is InChI=1S/C17H14N2O4S3/c1-20-11-3-7-13(8-4-11)22-16-18-15-19-17(25-26(15)24-16)23-14-9-5-12(21-2)6-10-14/h3-10H,1-2H3. The van der Waals surface area contributed by atoms with Crippen LogP contribution in [0.5, 0.6) is 23.0 Å². The molecular formula is C17H14N2O4S3. The monoisotopic (exact) mass is 406 g/mol. The lowest BCUT2D eigenvalue weighted by Crippen LogP contribution is -2.05. The van der Waals surface area contributed by atoms with E-state index in [2.05, 4.69) is 9.98 Å². The lowest BCUT2D eigenvalue weighted by atomic mass is 10.3. The number of benzene rings is 2. The van der Waals surface area contributed by atoms with Crippen LogP contribution in [0.25, 0.3) is 0 Å². The molecule has 0 N–H and O–H groups in total. The average Bonchev–Trinajstić information content (AvgIpc) is 3.21. The highest BCUT2D eigenvalue weighted by Gasteiger charge is 2.29. The second-order valence-corrected chi connectivity index (χ2v) is 10.5. The molecular weight excluding hydrogens is 392 g/mol. The van der Waals surface area contributed by atoms with Crippen molar-refractivity contribution in [1.29, 1.82) is 0 Å². The van der Waals surface area contributed by atoms with Crippen LogP contribution in [0.3, 0.4) is 0 Å². The maximum Gasteiger partial charge on any atom is 0.269 e. The van der Waals surface area contributed by atoms with Crippen molar-refractivity contribution in [3.8, 4) is 23.0 Å². The Labute approximate surface area is 160 Å². The molecule has 2 aromatic carbocycles. The van der Waals surface area contributed by atoms with Crippen LogP contribution in [-0.4, -0.2) is 29.8 Å². The van der Waals surface area contributed by atoms with E-state index < -0.39 is 0 Å². The first-order valence-electron chi connectivity index (χ1n) is 7.52. The number of nitrogens with zero attached hydrogens (tertiary/aromatic N) is 2. The molecule has 0 aromatic heterocycles. The van der Waals surface area contributed by atoms with Gasteiger partial charge in [0.15, 0.2) is 0 Å². The molecule has 26 heavy (non-hydrogen) atoms. The van der Waals surface area contributed by atoms with Gasteiger partial charge in [-0.1, -0.05) is 0 Å². The van der Waals surface area contributed by atoms with Crippen molar-refractivity contribution in [1.82, 2.24) is 0 Å². The molecule has 0 amide bonds. The van der Waals surface area contributed by atoms with Crippen LogP contribution in [0.15, 0.2) is 58.5 Å². The van der Waals surface area contributed by atoms with E-state index in [0.717, 1.165) is 16.6 Å². The van der Waals surface area contributed by atoms with Crippen LogP contribution in [0.4, 0.5) is 0 Å². The number of hydrogen-bond donors (Lipinski definition) is 0. The number of methoxy groups -OCH3 is 2. The fourth-order valence-corrected chi connectivity index (χ4v) is 7.02. The molecule has 0 radical (unpaired) electrons. The van der Waals surface area contributed by atoms with Crippen LogP contribution in [0.2, 0.25) is 0 Å². The zero-order valence-corrected chi connectivity index (χ0v) is 16.3. The lowest BCUT2D eigenvalue weighted by Gasteiger charge is -2.07. The molecule has 0 atom stereocenters. The molecule has 6 nitrogen and oxygen atoms in total. The topological polar surface area (TPSA) is 61.6 Å². The Morgan fingerprint density at radius 2 is 1.04 bits per heavy atom. The minimum atomic E-state index is -0.244. The second kappa shape index (κ2) is 7.65. The van der Waals surface area contributed by atoms with Crippen LogP contribution in [0.1, 0.15) is 0 Å². The van der Waals surface area contributed by atoms with E-state index in [1.54, 1.807) is 35.8 Å². The first-order chi connectivity index (χ1) is 12.7. The van der Waals surface area contributed by atoms with Crippen LogP contribution in [0, 0.1) is 0 Å². The van der Waals surface area contributed by atoms with Crippen molar-refractivity contribution in [3.05, 3.63) is 48.5 Å². The summed E-state index contributed by atoms with van der Waals surface area (Å²) >= 11 is 0. The average molecular weight is 407 g/mol. The van der Waals surface area contributed by atoms with E-state index in [0.29, 0.717) is 22.0 Å². The zero-order valence-electron chi connectivity index (χ0n) is 13.9. The summed E-state index contributed by atoms with van der Waals surface area (Å²) < 4.78 is 21.9. The Balaban J connectivity index is 1.38. The molecule has 9 heteroatoms. The fraction of sp³-hybridized carbons (Fsp3) is 0.118. The van der Waals surface area contributed by atoms with Gasteiger partial charge in [-0.05, 0) is 57.1 Å². The lowest BCUT2D eigenvalue weighted by molar-refractivity contribution is 0.414. The Morgan fingerprint density at radius 3 is 1.38 bits per heavy atom. The van der Waals surface area contributed by atoms with Crippen molar-refractivity contribution in [2.24, 2.45) is 9.98 Å². The fourth-order valence-electron chi connectivity index (χ4n) is 2.08. The Morgan fingerprint density at radius 1 is 0.654 bits per heavy atom. The molecule has 0 spiro atoms. The van der Waals surface area contributed by atoms with Gasteiger partial charge in [0.2, 0.25) is 5.11 Å². The summed E-state index contributed by atoms with van der Waals surface area (Å²) in [5.74, 6) is 3.00. The minimum absolute atomic E-state index is 0.244. The van der Waals surface area contributed by atoms with Gasteiger partial charge in [0.25, 0.3) is 10.5 Å². The molecule has 4 rings (SSSR count). The van der Waals surface area contributed by atoms with E-state index in [1.165, 1.54) is 0 Å². The summed E-state index contributed by atoms with van der Waals surface area (Å²) in [5.41, 5.74) is 0. The molecule has 2 heterocycles. The predicted molar refractivity (Wildman–Crippen MR) is 110 cm³/mol. The molecule has 134 valence electrons. The van der Waals surface area contributed by atoms with Crippen molar-refractivity contribution < 1.29 is 18.9 Å². The second-order valence-electron chi connectivity index (χ2n) is 4.99. The number of ether oxygens (including phenoxy) is 4. The van der Waals surface area contributed by atoms with Gasteiger partial charge < -0.3 is 18.9 Å². The van der Waals surface area contributed by atoms with E-state index in [1.807, 2.05) is 48.5 Å². The van der Waals surface area contributed by atoms with Crippen molar-refractivity contribution in [2.75, 3.05) is 14.2 Å². The largest absolute Gasteiger partial charge is 0.497 e. The van der Waals surface area contributed by atoms with Gasteiger partial charge >= 0.3 is 0 Å². The Hall–Kier alpha value is -2.10. The third-order valence-corrected chi connectivity index (χ3v) is 8.65. The molecule has 2 aromatic rings. The molecule has 2 aliphatic rings. The Kier molecular flexibility index (Phi) is 5.09. The van der Waals surface area contributed by atoms with E-state index in [4.69, 9.17) is 18.9 Å². The molecule has 0 aliphatic carbocycles. The summed E-state index contributed by atoms with van der Waals surface area (Å²) in [6.45, 7) is 0. The molecule has 0 fully saturated rings. The first-order valence-corrected chi connectivity index (χ1v) is 11.4. The predicted octanol–water partition coefficient (Wildman–Crippen LogP) is 4.55. The molecule has 0 bridgehead atoms. The first kappa shape index (κ1) is 17.3. The van der Waals surface area contributed by atoms with Gasteiger partial charge in [0.1, 0.15) is 23.0 Å². The third-order valence-electron chi connectivity index (χ3n) is 3.35. The van der Waals surface area contributed by atoms with E-state index in [-0.39, 0.29) is 8.55 Å². The third kappa shape index (κ3) is 3.84. The maximum absolute atomic E-state index is 5.80. The maximum atomic E-state index is 5.80. The van der Waals surface area contributed by atoms with Crippen LogP contribution in [-0.2, 0) is 0 Å². The number of rotatable bonds is 4. The van der Waals surface area contributed by atoms with Gasteiger partial charge in [-0.2, -0.15) is 9.98 Å².